The van der Waals surface area contributed by atoms with E-state index < -0.39 is 23.1 Å². The van der Waals surface area contributed by atoms with Gasteiger partial charge in [0.05, 0.1) is 0 Å². The smallest absolute Gasteiger partial charge is 0.323 e. The Hall–Kier alpha value is 0.0600. The quantitative estimate of drug-likeness (QED) is 0.500. The molecule has 15 heavy (non-hydrogen) atoms. The number of nitrogens with two attached hydrogens (primary N) is 1. The van der Waals surface area contributed by atoms with Crippen LogP contribution in [0.1, 0.15) is 26.2 Å². The Labute approximate surface area is 90.4 Å². The molecule has 0 radical (unpaired) electrons. The molecule has 0 aromatic carbocycles. The highest BCUT2D eigenvalue weighted by Crippen LogP contribution is 2.39. The fourth-order valence-electron chi connectivity index (χ4n) is 0.959. The summed E-state index contributed by atoms with van der Waals surface area (Å²) in [5.74, 6) is -1.07. The topological polar surface area (TPSA) is 124 Å². The molecule has 0 aliphatic rings. The molecule has 0 spiro atoms. The molecular formula is C7H19N2O4PS. The van der Waals surface area contributed by atoms with Gasteiger partial charge in [0.25, 0.3) is 0 Å². The van der Waals surface area contributed by atoms with Gasteiger partial charge in [-0.15, -0.1) is 0 Å². The molecule has 0 rings (SSSR count). The highest BCUT2D eigenvalue weighted by atomic mass is 32.2. The Morgan fingerprint density at radius 1 is 1.47 bits per heavy atom. The zero-order valence-corrected chi connectivity index (χ0v) is 10.5. The minimum Gasteiger partial charge on any atom is -0.323 e. The van der Waals surface area contributed by atoms with Crippen molar-refractivity contribution in [3.8, 4) is 0 Å². The van der Waals surface area contributed by atoms with Crippen molar-refractivity contribution >= 4 is 17.3 Å². The SMILES string of the molecule is CCCCS(=N)(=O)CCC(N)P(=O)(O)O. The number of hydrogen-bond donors (Lipinski definition) is 4. The molecule has 2 atom stereocenters. The summed E-state index contributed by atoms with van der Waals surface area (Å²) >= 11 is 0. The largest absolute Gasteiger partial charge is 0.342 e. The van der Waals surface area contributed by atoms with E-state index in [0.717, 1.165) is 6.42 Å². The summed E-state index contributed by atoms with van der Waals surface area (Å²) < 4.78 is 29.7. The minimum atomic E-state index is -4.30. The Balaban J connectivity index is 4.10. The van der Waals surface area contributed by atoms with Crippen LogP contribution in [0.5, 0.6) is 0 Å². The molecule has 0 aromatic heterocycles. The number of nitrogens with one attached hydrogen (secondary N) is 1. The lowest BCUT2D eigenvalue weighted by Crippen LogP contribution is -2.24. The van der Waals surface area contributed by atoms with Crippen molar-refractivity contribution < 1.29 is 18.6 Å². The average molecular weight is 258 g/mol. The van der Waals surface area contributed by atoms with Crippen molar-refractivity contribution in [2.24, 2.45) is 5.73 Å². The van der Waals surface area contributed by atoms with E-state index in [1.807, 2.05) is 6.92 Å². The molecule has 0 amide bonds. The summed E-state index contributed by atoms with van der Waals surface area (Å²) in [6.07, 6.45) is 1.46. The first-order chi connectivity index (χ1) is 6.69. The maximum Gasteiger partial charge on any atom is 0.342 e. The monoisotopic (exact) mass is 258 g/mol. The molecule has 0 saturated heterocycles. The molecule has 0 aliphatic carbocycles. The van der Waals surface area contributed by atoms with Crippen molar-refractivity contribution in [3.05, 3.63) is 0 Å². The summed E-state index contributed by atoms with van der Waals surface area (Å²) in [6, 6.07) is 0. The lowest BCUT2D eigenvalue weighted by atomic mass is 10.4. The lowest BCUT2D eigenvalue weighted by molar-refractivity contribution is 0.357. The van der Waals surface area contributed by atoms with Gasteiger partial charge in [-0.2, -0.15) is 0 Å². The number of hydrogen-bond acceptors (Lipinski definition) is 4. The summed E-state index contributed by atoms with van der Waals surface area (Å²) in [5.41, 5.74) is 5.21. The second-order valence-electron chi connectivity index (χ2n) is 3.52. The minimum absolute atomic E-state index is 0.0424. The van der Waals surface area contributed by atoms with Crippen LogP contribution in [0.4, 0.5) is 0 Å². The third kappa shape index (κ3) is 7.03. The van der Waals surface area contributed by atoms with Crippen LogP contribution in [0.15, 0.2) is 0 Å². The first kappa shape index (κ1) is 15.1. The average Bonchev–Trinajstić information content (AvgIpc) is 2.09. The Morgan fingerprint density at radius 3 is 2.40 bits per heavy atom. The zero-order chi connectivity index (χ0) is 12.1. The predicted molar refractivity (Wildman–Crippen MR) is 60.1 cm³/mol. The van der Waals surface area contributed by atoms with Gasteiger partial charge in [0, 0.05) is 21.2 Å². The molecular weight excluding hydrogens is 239 g/mol. The Morgan fingerprint density at radius 2 is 2.00 bits per heavy atom. The van der Waals surface area contributed by atoms with Crippen molar-refractivity contribution in [2.45, 2.75) is 32.0 Å². The molecule has 6 nitrogen and oxygen atoms in total. The third-order valence-electron chi connectivity index (χ3n) is 2.00. The molecule has 0 aliphatic heterocycles. The van der Waals surface area contributed by atoms with Crippen LogP contribution in [0.3, 0.4) is 0 Å². The van der Waals surface area contributed by atoms with Crippen molar-refractivity contribution in [2.75, 3.05) is 11.5 Å². The second kappa shape index (κ2) is 5.96. The van der Waals surface area contributed by atoms with Crippen molar-refractivity contribution in [1.82, 2.24) is 0 Å². The van der Waals surface area contributed by atoms with Gasteiger partial charge in [-0.3, -0.25) is 9.34 Å². The third-order valence-corrected chi connectivity index (χ3v) is 4.97. The van der Waals surface area contributed by atoms with Crippen LogP contribution < -0.4 is 5.73 Å². The Kier molecular flexibility index (Phi) is 5.98. The maximum absolute atomic E-state index is 11.5. The van der Waals surface area contributed by atoms with Crippen LogP contribution in [0.2, 0.25) is 0 Å². The van der Waals surface area contributed by atoms with E-state index in [9.17, 15) is 8.77 Å². The van der Waals surface area contributed by atoms with Crippen LogP contribution in [-0.2, 0) is 14.3 Å². The first-order valence-corrected chi connectivity index (χ1v) is 8.32. The van der Waals surface area contributed by atoms with Crippen LogP contribution in [0.25, 0.3) is 0 Å². The van der Waals surface area contributed by atoms with Gasteiger partial charge in [-0.25, -0.2) is 4.21 Å². The fourth-order valence-corrected chi connectivity index (χ4v) is 3.19. The number of rotatable bonds is 7. The first-order valence-electron chi connectivity index (χ1n) is 4.74. The summed E-state index contributed by atoms with van der Waals surface area (Å²) in [7, 11) is -7.02. The molecule has 2 unspecified atom stereocenters. The van der Waals surface area contributed by atoms with E-state index in [1.165, 1.54) is 0 Å². The molecule has 8 heteroatoms. The second-order valence-corrected chi connectivity index (χ2v) is 7.80. The maximum atomic E-state index is 11.5. The van der Waals surface area contributed by atoms with Crippen LogP contribution in [0, 0.1) is 4.78 Å². The highest BCUT2D eigenvalue weighted by molar-refractivity contribution is 7.92. The van der Waals surface area contributed by atoms with E-state index in [-0.39, 0.29) is 17.9 Å². The highest BCUT2D eigenvalue weighted by Gasteiger charge is 2.25. The van der Waals surface area contributed by atoms with Crippen LogP contribution >= 0.6 is 7.60 Å². The van der Waals surface area contributed by atoms with E-state index in [0.29, 0.717) is 6.42 Å². The fraction of sp³-hybridized carbons (Fsp3) is 1.00. The van der Waals surface area contributed by atoms with Gasteiger partial charge in [-0.05, 0) is 12.8 Å². The molecule has 0 saturated carbocycles. The summed E-state index contributed by atoms with van der Waals surface area (Å²) in [6.45, 7) is 1.93. The lowest BCUT2D eigenvalue weighted by Gasteiger charge is -2.14. The van der Waals surface area contributed by atoms with E-state index in [2.05, 4.69) is 0 Å². The van der Waals surface area contributed by atoms with Gasteiger partial charge in [0.2, 0.25) is 0 Å². The number of unbranched alkanes of at least 4 members (excludes halogenated alkanes) is 1. The van der Waals surface area contributed by atoms with Gasteiger partial charge >= 0.3 is 7.60 Å². The predicted octanol–water partition coefficient (Wildman–Crippen LogP) is 0.686. The standard InChI is InChI=1S/C7H19N2O4PS/c1-2-3-5-15(9,13)6-4-7(8)14(10,11)12/h7,9H,2-6,8H2,1H3,(H2,10,11,12). The summed E-state index contributed by atoms with van der Waals surface area (Å²) in [4.78, 5) is 17.4. The van der Waals surface area contributed by atoms with Crippen molar-refractivity contribution in [1.29, 1.82) is 4.78 Å². The molecule has 0 aromatic rings. The van der Waals surface area contributed by atoms with Gasteiger partial charge in [-0.1, -0.05) is 13.3 Å². The van der Waals surface area contributed by atoms with Crippen LogP contribution in [-0.4, -0.2) is 31.3 Å². The summed E-state index contributed by atoms with van der Waals surface area (Å²) in [5, 5.41) is 0. The molecule has 0 bridgehead atoms. The van der Waals surface area contributed by atoms with E-state index >= 15 is 0 Å². The van der Waals surface area contributed by atoms with Gasteiger partial charge in [0.15, 0.2) is 0 Å². The van der Waals surface area contributed by atoms with Gasteiger partial charge in [0.1, 0.15) is 5.78 Å². The molecule has 0 fully saturated rings. The molecule has 5 N–H and O–H groups in total. The molecule has 0 heterocycles. The molecule has 92 valence electrons. The van der Waals surface area contributed by atoms with E-state index in [1.54, 1.807) is 0 Å². The van der Waals surface area contributed by atoms with Gasteiger partial charge < -0.3 is 15.5 Å². The van der Waals surface area contributed by atoms with E-state index in [4.69, 9.17) is 20.3 Å². The Bertz CT molecular complexity index is 324. The zero-order valence-electron chi connectivity index (χ0n) is 8.76. The van der Waals surface area contributed by atoms with Crippen molar-refractivity contribution in [3.63, 3.8) is 0 Å². The normalized spacial score (nSPS) is 18.4.